The van der Waals surface area contributed by atoms with Crippen molar-refractivity contribution < 1.29 is 8.81 Å². The molecule has 1 aromatic carbocycles. The molecule has 0 unspecified atom stereocenters. The van der Waals surface area contributed by atoms with Crippen molar-refractivity contribution in [1.82, 2.24) is 4.98 Å². The highest BCUT2D eigenvalue weighted by Gasteiger charge is 2.11. The quantitative estimate of drug-likeness (QED) is 0.600. The molecule has 0 amide bonds. The Bertz CT molecular complexity index is 527. The average molecular weight is 182 g/mol. The van der Waals surface area contributed by atoms with E-state index in [9.17, 15) is 9.18 Å². The van der Waals surface area contributed by atoms with Crippen molar-refractivity contribution in [3.8, 4) is 0 Å². The van der Waals surface area contributed by atoms with E-state index in [1.54, 1.807) is 0 Å². The Hall–Kier alpha value is -1.78. The topological polar surface area (TPSA) is 72.0 Å². The largest absolute Gasteiger partial charge is 0.417 e. The van der Waals surface area contributed by atoms with Crippen molar-refractivity contribution in [1.29, 1.82) is 0 Å². The van der Waals surface area contributed by atoms with Gasteiger partial charge in [-0.15, -0.1) is 0 Å². The van der Waals surface area contributed by atoms with Crippen LogP contribution in [-0.4, -0.2) is 4.98 Å². The Morgan fingerprint density at radius 3 is 3.00 bits per heavy atom. The molecule has 0 saturated heterocycles. The first kappa shape index (κ1) is 7.85. The van der Waals surface area contributed by atoms with Gasteiger partial charge in [0, 0.05) is 17.3 Å². The lowest BCUT2D eigenvalue weighted by molar-refractivity contribution is 0.555. The molecule has 0 saturated carbocycles. The van der Waals surface area contributed by atoms with E-state index >= 15 is 0 Å². The molecule has 4 nitrogen and oxygen atoms in total. The fourth-order valence-corrected chi connectivity index (χ4v) is 1.17. The number of nitrogens with one attached hydrogen (secondary N) is 1. The summed E-state index contributed by atoms with van der Waals surface area (Å²) in [7, 11) is 0. The van der Waals surface area contributed by atoms with Gasteiger partial charge >= 0.3 is 5.76 Å². The lowest BCUT2D eigenvalue weighted by Gasteiger charge is -2.00. The van der Waals surface area contributed by atoms with Crippen LogP contribution in [0.5, 0.6) is 0 Å². The minimum Gasteiger partial charge on any atom is -0.408 e. The number of aromatic amines is 1. The van der Waals surface area contributed by atoms with Crippen LogP contribution in [0.1, 0.15) is 5.56 Å². The Labute approximate surface area is 72.2 Å². The SMILES string of the molecule is Cc1c(N)cc2oc(=O)[nH]c2c1F. The van der Waals surface area contributed by atoms with E-state index in [4.69, 9.17) is 5.73 Å². The molecule has 2 aromatic rings. The summed E-state index contributed by atoms with van der Waals surface area (Å²) in [5.41, 5.74) is 6.27. The number of rotatable bonds is 0. The van der Waals surface area contributed by atoms with E-state index in [0.717, 1.165) is 0 Å². The number of nitrogen functional groups attached to an aromatic ring is 1. The highest BCUT2D eigenvalue weighted by Crippen LogP contribution is 2.23. The maximum Gasteiger partial charge on any atom is 0.417 e. The van der Waals surface area contributed by atoms with Crippen LogP contribution in [0.3, 0.4) is 0 Å². The molecule has 68 valence electrons. The third-order valence-electron chi connectivity index (χ3n) is 1.94. The Kier molecular flexibility index (Phi) is 1.42. The van der Waals surface area contributed by atoms with E-state index in [1.165, 1.54) is 13.0 Å². The van der Waals surface area contributed by atoms with Gasteiger partial charge in [0.15, 0.2) is 11.4 Å². The van der Waals surface area contributed by atoms with Crippen molar-refractivity contribution in [2.24, 2.45) is 0 Å². The first-order valence-corrected chi connectivity index (χ1v) is 3.67. The smallest absolute Gasteiger partial charge is 0.408 e. The Morgan fingerprint density at radius 2 is 2.31 bits per heavy atom. The van der Waals surface area contributed by atoms with Gasteiger partial charge < -0.3 is 10.2 Å². The van der Waals surface area contributed by atoms with Gasteiger partial charge in [-0.05, 0) is 6.92 Å². The third-order valence-corrected chi connectivity index (χ3v) is 1.94. The molecule has 0 spiro atoms. The Morgan fingerprint density at radius 1 is 1.62 bits per heavy atom. The highest BCUT2D eigenvalue weighted by atomic mass is 19.1. The number of H-pyrrole nitrogens is 1. The second-order valence-corrected chi connectivity index (χ2v) is 2.79. The number of anilines is 1. The molecule has 0 atom stereocenters. The molecule has 0 radical (unpaired) electrons. The second-order valence-electron chi connectivity index (χ2n) is 2.79. The van der Waals surface area contributed by atoms with E-state index < -0.39 is 11.6 Å². The van der Waals surface area contributed by atoms with E-state index in [1.807, 2.05) is 0 Å². The zero-order valence-corrected chi connectivity index (χ0v) is 6.85. The van der Waals surface area contributed by atoms with Gasteiger partial charge in [0.2, 0.25) is 0 Å². The number of benzene rings is 1. The lowest BCUT2D eigenvalue weighted by atomic mass is 10.2. The number of fused-ring (bicyclic) bond motifs is 1. The summed E-state index contributed by atoms with van der Waals surface area (Å²) in [6.07, 6.45) is 0. The highest BCUT2D eigenvalue weighted by molar-refractivity contribution is 5.79. The van der Waals surface area contributed by atoms with Gasteiger partial charge in [0.05, 0.1) is 0 Å². The van der Waals surface area contributed by atoms with Crippen LogP contribution in [0.15, 0.2) is 15.3 Å². The minimum absolute atomic E-state index is 0.0664. The third kappa shape index (κ3) is 1.00. The van der Waals surface area contributed by atoms with Gasteiger partial charge in [-0.3, -0.25) is 4.98 Å². The molecular formula is C8H7FN2O2. The van der Waals surface area contributed by atoms with Gasteiger partial charge in [0.1, 0.15) is 5.52 Å². The van der Waals surface area contributed by atoms with E-state index in [-0.39, 0.29) is 16.8 Å². The molecule has 1 heterocycles. The van der Waals surface area contributed by atoms with Gasteiger partial charge in [0.25, 0.3) is 0 Å². The summed E-state index contributed by atoms with van der Waals surface area (Å²) in [5.74, 6) is -1.22. The van der Waals surface area contributed by atoms with Crippen LogP contribution in [0, 0.1) is 12.7 Å². The number of hydrogen-bond donors (Lipinski definition) is 2. The molecule has 0 bridgehead atoms. The maximum atomic E-state index is 13.4. The first-order chi connectivity index (χ1) is 6.09. The number of aromatic nitrogens is 1. The van der Waals surface area contributed by atoms with Crippen LogP contribution in [0.2, 0.25) is 0 Å². The monoisotopic (exact) mass is 182 g/mol. The van der Waals surface area contributed by atoms with Gasteiger partial charge in [-0.25, -0.2) is 9.18 Å². The van der Waals surface area contributed by atoms with Crippen LogP contribution >= 0.6 is 0 Å². The molecule has 0 aliphatic carbocycles. The molecule has 0 aliphatic heterocycles. The average Bonchev–Trinajstić information content (AvgIpc) is 2.42. The fraction of sp³-hybridized carbons (Fsp3) is 0.125. The predicted molar refractivity (Wildman–Crippen MR) is 45.9 cm³/mol. The minimum atomic E-state index is -0.682. The van der Waals surface area contributed by atoms with Crippen molar-refractivity contribution in [3.05, 3.63) is 28.0 Å². The van der Waals surface area contributed by atoms with Crippen molar-refractivity contribution in [2.75, 3.05) is 5.73 Å². The van der Waals surface area contributed by atoms with Crippen LogP contribution < -0.4 is 11.5 Å². The summed E-state index contributed by atoms with van der Waals surface area (Å²) in [6.45, 7) is 1.54. The molecule has 3 N–H and O–H groups in total. The van der Waals surface area contributed by atoms with E-state index in [0.29, 0.717) is 5.56 Å². The zero-order chi connectivity index (χ0) is 9.59. The van der Waals surface area contributed by atoms with Crippen LogP contribution in [-0.2, 0) is 0 Å². The van der Waals surface area contributed by atoms with Crippen LogP contribution in [0.4, 0.5) is 10.1 Å². The molecule has 2 rings (SSSR count). The van der Waals surface area contributed by atoms with Crippen molar-refractivity contribution in [2.45, 2.75) is 6.92 Å². The molecule has 1 aromatic heterocycles. The molecule has 13 heavy (non-hydrogen) atoms. The standard InChI is InChI=1S/C8H7FN2O2/c1-3-4(10)2-5-7(6(3)9)11-8(12)13-5/h2H,10H2,1H3,(H,11,12). The van der Waals surface area contributed by atoms with E-state index in [2.05, 4.69) is 9.40 Å². The summed E-state index contributed by atoms with van der Waals surface area (Å²) < 4.78 is 18.0. The number of halogens is 1. The first-order valence-electron chi connectivity index (χ1n) is 3.67. The summed E-state index contributed by atoms with van der Waals surface area (Å²) in [5, 5.41) is 0. The molecule has 0 fully saturated rings. The summed E-state index contributed by atoms with van der Waals surface area (Å²) >= 11 is 0. The van der Waals surface area contributed by atoms with Gasteiger partial charge in [-0.2, -0.15) is 0 Å². The second kappa shape index (κ2) is 2.35. The van der Waals surface area contributed by atoms with Crippen molar-refractivity contribution >= 4 is 16.8 Å². The maximum absolute atomic E-state index is 13.4. The summed E-state index contributed by atoms with van der Waals surface area (Å²) in [4.78, 5) is 13.0. The number of hydrogen-bond acceptors (Lipinski definition) is 3. The zero-order valence-electron chi connectivity index (χ0n) is 6.85. The molecular weight excluding hydrogens is 175 g/mol. The Balaban J connectivity index is 3.00. The summed E-state index contributed by atoms with van der Waals surface area (Å²) in [6, 6.07) is 1.42. The number of oxazole rings is 1. The molecule has 5 heteroatoms. The van der Waals surface area contributed by atoms with Gasteiger partial charge in [-0.1, -0.05) is 0 Å². The lowest BCUT2D eigenvalue weighted by Crippen LogP contribution is -1.95. The normalized spacial score (nSPS) is 10.9. The van der Waals surface area contributed by atoms with Crippen LogP contribution in [0.25, 0.3) is 11.1 Å². The predicted octanol–water partition coefficient (Wildman–Crippen LogP) is 1.15. The fourth-order valence-electron chi connectivity index (χ4n) is 1.17. The molecule has 0 aliphatic rings. The number of nitrogens with two attached hydrogens (primary N) is 1. The van der Waals surface area contributed by atoms with Crippen molar-refractivity contribution in [3.63, 3.8) is 0 Å².